The van der Waals surface area contributed by atoms with Crippen LogP contribution in [0, 0.1) is 0 Å². The number of aliphatic imine (C=N–C) groups is 2. The lowest BCUT2D eigenvalue weighted by molar-refractivity contribution is 0.716. The highest BCUT2D eigenvalue weighted by molar-refractivity contribution is 8.02. The summed E-state index contributed by atoms with van der Waals surface area (Å²) in [5.41, 5.74) is 4.21. The molecule has 1 aliphatic rings. The average molecular weight is 337 g/mol. The third-order valence-electron chi connectivity index (χ3n) is 3.87. The fourth-order valence-corrected chi connectivity index (χ4v) is 3.20. The van der Waals surface area contributed by atoms with Crippen molar-refractivity contribution in [3.63, 3.8) is 0 Å². The van der Waals surface area contributed by atoms with Crippen LogP contribution in [0.15, 0.2) is 52.1 Å². The van der Waals surface area contributed by atoms with Gasteiger partial charge in [0.15, 0.2) is 0 Å². The van der Waals surface area contributed by atoms with Gasteiger partial charge in [-0.2, -0.15) is 0 Å². The van der Waals surface area contributed by atoms with E-state index in [1.54, 1.807) is 0 Å². The topological polar surface area (TPSA) is 53.7 Å². The van der Waals surface area contributed by atoms with E-state index in [1.165, 1.54) is 22.9 Å². The summed E-state index contributed by atoms with van der Waals surface area (Å²) in [5, 5.41) is 1.92. The van der Waals surface area contributed by atoms with E-state index in [4.69, 9.17) is 4.98 Å². The molecule has 0 spiro atoms. The number of thioether (sulfide) groups is 1. The van der Waals surface area contributed by atoms with E-state index < -0.39 is 0 Å². The number of anilines is 1. The Hall–Kier alpha value is -2.47. The first-order valence-electron chi connectivity index (χ1n) is 7.67. The van der Waals surface area contributed by atoms with E-state index in [-0.39, 0.29) is 0 Å². The maximum absolute atomic E-state index is 4.76. The molecule has 0 aromatic carbocycles. The summed E-state index contributed by atoms with van der Waals surface area (Å²) in [4.78, 5) is 19.2. The lowest BCUT2D eigenvalue weighted by Crippen LogP contribution is -2.31. The second-order valence-corrected chi connectivity index (χ2v) is 6.20. The van der Waals surface area contributed by atoms with Gasteiger partial charge in [0.25, 0.3) is 0 Å². The first kappa shape index (κ1) is 16.4. The van der Waals surface area contributed by atoms with Crippen molar-refractivity contribution in [1.82, 2.24) is 9.97 Å². The van der Waals surface area contributed by atoms with Gasteiger partial charge in [-0.3, -0.25) is 15.0 Å². The molecule has 0 bridgehead atoms. The van der Waals surface area contributed by atoms with Gasteiger partial charge in [0.2, 0.25) is 0 Å². The van der Waals surface area contributed by atoms with E-state index in [9.17, 15) is 0 Å². The number of fused-ring (bicyclic) bond motifs is 1. The molecule has 0 saturated carbocycles. The molecule has 6 heteroatoms. The summed E-state index contributed by atoms with van der Waals surface area (Å²) in [6.07, 6.45) is 4.81. The molecule has 3 heterocycles. The van der Waals surface area contributed by atoms with Crippen LogP contribution in [-0.2, 0) is 13.0 Å². The monoisotopic (exact) mass is 337 g/mol. The summed E-state index contributed by atoms with van der Waals surface area (Å²) in [6.45, 7) is 8.90. The lowest BCUT2D eigenvalue weighted by atomic mass is 10.0. The summed E-state index contributed by atoms with van der Waals surface area (Å²) in [7, 11) is 0. The van der Waals surface area contributed by atoms with Crippen LogP contribution < -0.4 is 4.90 Å². The molecule has 0 atom stereocenters. The van der Waals surface area contributed by atoms with Crippen molar-refractivity contribution in [3.05, 3.63) is 58.9 Å². The van der Waals surface area contributed by atoms with Gasteiger partial charge in [-0.15, -0.1) is 11.8 Å². The molecule has 0 saturated heterocycles. The van der Waals surface area contributed by atoms with Crippen LogP contribution in [0.1, 0.15) is 16.8 Å². The van der Waals surface area contributed by atoms with Gasteiger partial charge < -0.3 is 4.90 Å². The summed E-state index contributed by atoms with van der Waals surface area (Å²) >= 11 is 1.53. The van der Waals surface area contributed by atoms with Crippen molar-refractivity contribution >= 4 is 36.7 Å². The minimum atomic E-state index is 0.592. The standard InChI is InChI=1S/C18H19N5S/c1-19-13-24-12-17(20-2)16-4-3-5-18(22-16)23-9-7-14-6-8-21-10-15(14)11-23/h3-6,8,10,12H,1-2,7,9,11,13H2/b17-12-. The second-order valence-electron chi connectivity index (χ2n) is 5.38. The van der Waals surface area contributed by atoms with Crippen LogP contribution in [0.4, 0.5) is 5.82 Å². The zero-order valence-electron chi connectivity index (χ0n) is 13.4. The summed E-state index contributed by atoms with van der Waals surface area (Å²) < 4.78 is 0. The molecule has 0 radical (unpaired) electrons. The van der Waals surface area contributed by atoms with Gasteiger partial charge in [0.05, 0.1) is 17.3 Å². The van der Waals surface area contributed by atoms with Crippen molar-refractivity contribution in [3.8, 4) is 0 Å². The van der Waals surface area contributed by atoms with Crippen LogP contribution in [0.3, 0.4) is 0 Å². The molecule has 0 N–H and O–H groups in total. The molecular formula is C18H19N5S. The summed E-state index contributed by atoms with van der Waals surface area (Å²) in [6, 6.07) is 8.09. The Bertz CT molecular complexity index is 772. The Morgan fingerprint density at radius 1 is 1.29 bits per heavy atom. The highest BCUT2D eigenvalue weighted by Gasteiger charge is 2.17. The fraction of sp³-hybridized carbons (Fsp3) is 0.222. The van der Waals surface area contributed by atoms with Crippen LogP contribution in [-0.4, -0.2) is 35.8 Å². The molecule has 3 rings (SSSR count). The molecule has 0 aliphatic carbocycles. The molecular weight excluding hydrogens is 318 g/mol. The van der Waals surface area contributed by atoms with Gasteiger partial charge in [-0.05, 0) is 49.2 Å². The third-order valence-corrected chi connectivity index (χ3v) is 4.59. The molecule has 0 unspecified atom stereocenters. The summed E-state index contributed by atoms with van der Waals surface area (Å²) in [5.74, 6) is 1.54. The maximum atomic E-state index is 4.76. The number of hydrogen-bond acceptors (Lipinski definition) is 6. The molecule has 1 aliphatic heterocycles. The number of rotatable bonds is 6. The highest BCUT2D eigenvalue weighted by atomic mass is 32.2. The van der Waals surface area contributed by atoms with Gasteiger partial charge in [-0.1, -0.05) is 6.07 Å². The van der Waals surface area contributed by atoms with E-state index in [0.717, 1.165) is 36.7 Å². The number of hydrogen-bond donors (Lipinski definition) is 0. The molecule has 2 aromatic heterocycles. The quantitative estimate of drug-likeness (QED) is 0.598. The zero-order valence-corrected chi connectivity index (χ0v) is 14.2. The molecule has 122 valence electrons. The molecule has 5 nitrogen and oxygen atoms in total. The van der Waals surface area contributed by atoms with Crippen LogP contribution in [0.5, 0.6) is 0 Å². The van der Waals surface area contributed by atoms with Crippen LogP contribution in [0.2, 0.25) is 0 Å². The predicted molar refractivity (Wildman–Crippen MR) is 103 cm³/mol. The van der Waals surface area contributed by atoms with Crippen LogP contribution in [0.25, 0.3) is 5.70 Å². The minimum absolute atomic E-state index is 0.592. The van der Waals surface area contributed by atoms with Crippen molar-refractivity contribution in [2.75, 3.05) is 17.3 Å². The first-order valence-corrected chi connectivity index (χ1v) is 8.72. The van der Waals surface area contributed by atoms with Crippen molar-refractivity contribution in [2.24, 2.45) is 9.98 Å². The van der Waals surface area contributed by atoms with Crippen molar-refractivity contribution < 1.29 is 0 Å². The van der Waals surface area contributed by atoms with E-state index in [0.29, 0.717) is 5.88 Å². The molecule has 2 aromatic rings. The van der Waals surface area contributed by atoms with E-state index in [1.807, 2.05) is 36.0 Å². The normalized spacial score (nSPS) is 14.2. The largest absolute Gasteiger partial charge is 0.352 e. The molecule has 0 fully saturated rings. The molecule has 24 heavy (non-hydrogen) atoms. The van der Waals surface area contributed by atoms with Gasteiger partial charge in [-0.25, -0.2) is 4.98 Å². The Kier molecular flexibility index (Phi) is 5.38. The van der Waals surface area contributed by atoms with Crippen molar-refractivity contribution in [1.29, 1.82) is 0 Å². The Morgan fingerprint density at radius 2 is 2.21 bits per heavy atom. The third kappa shape index (κ3) is 3.71. The lowest BCUT2D eigenvalue weighted by Gasteiger charge is -2.29. The first-order chi connectivity index (χ1) is 11.8. The number of nitrogens with zero attached hydrogens (tertiary/aromatic N) is 5. The second kappa shape index (κ2) is 7.88. The van der Waals surface area contributed by atoms with Gasteiger partial charge >= 0.3 is 0 Å². The van der Waals surface area contributed by atoms with Gasteiger partial charge in [0.1, 0.15) is 5.82 Å². The maximum Gasteiger partial charge on any atom is 0.129 e. The number of aromatic nitrogens is 2. The van der Waals surface area contributed by atoms with Crippen LogP contribution >= 0.6 is 11.8 Å². The Labute approximate surface area is 146 Å². The predicted octanol–water partition coefficient (Wildman–Crippen LogP) is 3.43. The highest BCUT2D eigenvalue weighted by Crippen LogP contribution is 2.25. The van der Waals surface area contributed by atoms with E-state index >= 15 is 0 Å². The Balaban J connectivity index is 1.82. The van der Waals surface area contributed by atoms with Gasteiger partial charge in [0, 0.05) is 30.9 Å². The zero-order chi connectivity index (χ0) is 16.8. The van der Waals surface area contributed by atoms with Crippen molar-refractivity contribution in [2.45, 2.75) is 13.0 Å². The smallest absolute Gasteiger partial charge is 0.129 e. The number of pyridine rings is 2. The molecule has 0 amide bonds. The fourth-order valence-electron chi connectivity index (χ4n) is 2.67. The Morgan fingerprint density at radius 3 is 3.04 bits per heavy atom. The SMILES string of the molecule is C=NCS/C=C(\N=C)c1cccc(N2CCc3ccncc3C2)n1. The minimum Gasteiger partial charge on any atom is -0.352 e. The average Bonchev–Trinajstić information content (AvgIpc) is 2.65. The van der Waals surface area contributed by atoms with E-state index in [2.05, 4.69) is 39.4 Å².